The van der Waals surface area contributed by atoms with Gasteiger partial charge in [-0.05, 0) is 55.0 Å². The molecule has 0 saturated heterocycles. The molecule has 1 aliphatic rings. The van der Waals surface area contributed by atoms with Crippen LogP contribution >= 0.6 is 12.6 Å². The lowest BCUT2D eigenvalue weighted by molar-refractivity contribution is -0.124. The molecule has 3 N–H and O–H groups in total. The molecule has 2 rings (SSSR count). The monoisotopic (exact) mass is 614 g/mol. The lowest BCUT2D eigenvalue weighted by Gasteiger charge is -2.27. The number of hydrogen-bond donors (Lipinski definition) is 4. The maximum atomic E-state index is 13.0. The maximum Gasteiger partial charge on any atom is 0.251 e. The third kappa shape index (κ3) is 13.0. The fourth-order valence-corrected chi connectivity index (χ4v) is 4.36. The van der Waals surface area contributed by atoms with E-state index in [1.165, 1.54) is 6.08 Å². The zero-order valence-corrected chi connectivity index (χ0v) is 28.1. The van der Waals surface area contributed by atoms with Crippen LogP contribution in [0.2, 0.25) is 0 Å². The fourth-order valence-electron chi connectivity index (χ4n) is 4.17. The minimum absolute atomic E-state index is 0. The van der Waals surface area contributed by atoms with E-state index in [-0.39, 0.29) is 34.0 Å². The van der Waals surface area contributed by atoms with Crippen LogP contribution in [-0.4, -0.2) is 41.2 Å². The molecule has 1 aromatic carbocycles. The van der Waals surface area contributed by atoms with Gasteiger partial charge in [-0.3, -0.25) is 14.4 Å². The van der Waals surface area contributed by atoms with Gasteiger partial charge in [0.2, 0.25) is 11.8 Å². The molecule has 1 heterocycles. The Hall–Kier alpha value is -3.70. The van der Waals surface area contributed by atoms with Crippen molar-refractivity contribution in [1.82, 2.24) is 15.5 Å². The van der Waals surface area contributed by atoms with Crippen molar-refractivity contribution in [1.29, 1.82) is 0 Å². The molecule has 2 atom stereocenters. The number of anilines is 1. The average Bonchev–Trinajstić information content (AvgIpc) is 3.39. The number of nitrogens with one attached hydrogen (secondary N) is 3. The molecule has 0 aromatic heterocycles. The van der Waals surface area contributed by atoms with Crippen LogP contribution in [0.5, 0.6) is 0 Å². The highest BCUT2D eigenvalue weighted by Crippen LogP contribution is 2.21. The second-order valence-electron chi connectivity index (χ2n) is 9.71. The lowest BCUT2D eigenvalue weighted by atomic mass is 10.00. The minimum atomic E-state index is -0.605. The van der Waals surface area contributed by atoms with Gasteiger partial charge in [0.15, 0.2) is 0 Å². The Balaban J connectivity index is -0.00000121. The third-order valence-corrected chi connectivity index (χ3v) is 6.80. The van der Waals surface area contributed by atoms with Crippen LogP contribution in [0.25, 0.3) is 6.08 Å². The highest BCUT2D eigenvalue weighted by Gasteiger charge is 2.24. The molecular formula is C35H58N4O3S. The molecular weight excluding hydrogens is 556 g/mol. The summed E-state index contributed by atoms with van der Waals surface area (Å²) in [4.78, 5) is 39.2. The Bertz CT molecular complexity index is 1220. The van der Waals surface area contributed by atoms with Gasteiger partial charge in [0.05, 0.1) is 17.4 Å². The van der Waals surface area contributed by atoms with Gasteiger partial charge in [0.25, 0.3) is 5.91 Å². The van der Waals surface area contributed by atoms with Gasteiger partial charge in [-0.2, -0.15) is 12.6 Å². The number of unbranched alkanes of at least 4 members (excludes halogenated alkanes) is 2. The summed E-state index contributed by atoms with van der Waals surface area (Å²) in [5.41, 5.74) is 9.39. The molecule has 7 nitrogen and oxygen atoms in total. The van der Waals surface area contributed by atoms with E-state index in [1.54, 1.807) is 24.0 Å². The van der Waals surface area contributed by atoms with Crippen LogP contribution in [-0.2, 0) is 20.1 Å². The molecule has 242 valence electrons. The summed E-state index contributed by atoms with van der Waals surface area (Å²) in [5.74, 6) is 0.240. The first-order valence-corrected chi connectivity index (χ1v) is 15.8. The van der Waals surface area contributed by atoms with Crippen molar-refractivity contribution >= 4 is 42.1 Å². The second-order valence-corrected chi connectivity index (χ2v) is 10.0. The molecule has 1 aromatic rings. The normalized spacial score (nSPS) is 12.9. The Labute approximate surface area is 269 Å². The highest BCUT2D eigenvalue weighted by molar-refractivity contribution is 7.79. The molecule has 0 fully saturated rings. The number of thiol groups is 1. The van der Waals surface area contributed by atoms with Crippen LogP contribution < -0.4 is 16.0 Å². The Morgan fingerprint density at radius 1 is 1.05 bits per heavy atom. The van der Waals surface area contributed by atoms with Crippen LogP contribution in [0.4, 0.5) is 5.69 Å². The van der Waals surface area contributed by atoms with Gasteiger partial charge < -0.3 is 20.9 Å². The van der Waals surface area contributed by atoms with Crippen molar-refractivity contribution in [3.8, 4) is 0 Å². The van der Waals surface area contributed by atoms with E-state index in [0.29, 0.717) is 42.2 Å². The van der Waals surface area contributed by atoms with Gasteiger partial charge in [-0.1, -0.05) is 79.8 Å². The number of rotatable bonds is 15. The Morgan fingerprint density at radius 3 is 2.28 bits per heavy atom. The number of carbonyl (C=O) groups excluding carboxylic acids is 3. The first kappa shape index (κ1) is 39.3. The molecule has 43 heavy (non-hydrogen) atoms. The first-order chi connectivity index (χ1) is 20.6. The van der Waals surface area contributed by atoms with Gasteiger partial charge in [0.1, 0.15) is 6.04 Å². The summed E-state index contributed by atoms with van der Waals surface area (Å²) >= 11 is 4.30. The fraction of sp³-hybridized carbons (Fsp3) is 0.457. The summed E-state index contributed by atoms with van der Waals surface area (Å²) in [7, 11) is 0. The molecule has 0 aliphatic carbocycles. The van der Waals surface area contributed by atoms with Crippen LogP contribution in [0.15, 0.2) is 72.9 Å². The van der Waals surface area contributed by atoms with Crippen molar-refractivity contribution in [3.63, 3.8) is 0 Å². The molecule has 0 bridgehead atoms. The lowest BCUT2D eigenvalue weighted by Crippen LogP contribution is -2.47. The predicted molar refractivity (Wildman–Crippen MR) is 191 cm³/mol. The molecule has 8 heteroatoms. The quantitative estimate of drug-likeness (QED) is 0.0918. The SMILES string of the molecule is C=C=C(N[C@@H](C)C(=O)Nc1ccc(CS)cc1C=C)[C@@H](NC(=O)CCCCCN1C(=O)C=CC1=C=C)C(C)C.CC.CC.[HH].[HH].[HH]. The summed E-state index contributed by atoms with van der Waals surface area (Å²) in [6.45, 7) is 25.5. The van der Waals surface area contributed by atoms with Crippen LogP contribution in [0.1, 0.15) is 89.6 Å². The Kier molecular flexibility index (Phi) is 20.0. The van der Waals surface area contributed by atoms with Gasteiger partial charge in [-0.25, -0.2) is 0 Å². The van der Waals surface area contributed by atoms with Crippen molar-refractivity contribution < 1.29 is 18.7 Å². The molecule has 0 spiro atoms. The molecule has 3 amide bonds. The molecule has 1 aliphatic heterocycles. The second kappa shape index (κ2) is 21.9. The third-order valence-electron chi connectivity index (χ3n) is 6.43. The standard InChI is InChI=1S/C31H40N4O3S.2C2H6.3H2/c1-7-24-19-23(20-39)14-16-27(24)33-31(38)22(6)32-26(9-3)30(21(4)5)34-28(36)13-11-10-12-18-35-25(8-2)15-17-29(35)37;2*1-2;;;/h7,14-17,19,21-22,30,32,39H,1-3,10-13,18,20H2,4-6H3,(H,33,38)(H,34,36);2*1-2H3;3*1H/t22-,30-;;;;;/m0...../s1. The first-order valence-electron chi connectivity index (χ1n) is 15.2. The summed E-state index contributed by atoms with van der Waals surface area (Å²) < 4.78 is 0. The zero-order chi connectivity index (χ0) is 32.9. The number of allylic oxidation sites excluding steroid dienone is 1. The number of benzene rings is 1. The van der Waals surface area contributed by atoms with Crippen LogP contribution in [0.3, 0.4) is 0 Å². The topological polar surface area (TPSA) is 90.5 Å². The van der Waals surface area contributed by atoms with Gasteiger partial charge >= 0.3 is 0 Å². The van der Waals surface area contributed by atoms with Gasteiger partial charge in [0, 0.05) is 34.8 Å². The summed E-state index contributed by atoms with van der Waals surface area (Å²) in [6.07, 6.45) is 7.53. The minimum Gasteiger partial charge on any atom is -0.369 e. The molecule has 0 saturated carbocycles. The summed E-state index contributed by atoms with van der Waals surface area (Å²) in [6, 6.07) is 4.70. The van der Waals surface area contributed by atoms with E-state index in [0.717, 1.165) is 24.0 Å². The number of carbonyl (C=O) groups is 3. The van der Waals surface area contributed by atoms with E-state index in [9.17, 15) is 14.4 Å². The average molecular weight is 615 g/mol. The van der Waals surface area contributed by atoms with Crippen molar-refractivity contribution in [2.24, 2.45) is 5.92 Å². The number of hydrogen-bond acceptors (Lipinski definition) is 5. The number of amides is 3. The maximum absolute atomic E-state index is 13.0. The van der Waals surface area contributed by atoms with E-state index in [1.807, 2.05) is 59.7 Å². The largest absolute Gasteiger partial charge is 0.369 e. The predicted octanol–water partition coefficient (Wildman–Crippen LogP) is 7.90. The summed E-state index contributed by atoms with van der Waals surface area (Å²) in [5, 5.41) is 9.17. The van der Waals surface area contributed by atoms with Crippen molar-refractivity contribution in [2.45, 2.75) is 92.0 Å². The van der Waals surface area contributed by atoms with Gasteiger partial charge in [-0.15, -0.1) is 11.5 Å². The van der Waals surface area contributed by atoms with Crippen molar-refractivity contribution in [3.05, 3.63) is 84.1 Å². The van der Waals surface area contributed by atoms with E-state index in [4.69, 9.17) is 0 Å². The van der Waals surface area contributed by atoms with E-state index >= 15 is 0 Å². The zero-order valence-electron chi connectivity index (χ0n) is 27.2. The number of nitrogens with zero attached hydrogens (tertiary/aromatic N) is 1. The smallest absolute Gasteiger partial charge is 0.251 e. The molecule has 0 unspecified atom stereocenters. The van der Waals surface area contributed by atoms with E-state index in [2.05, 4.69) is 59.8 Å². The van der Waals surface area contributed by atoms with Crippen LogP contribution in [0, 0.1) is 5.92 Å². The highest BCUT2D eigenvalue weighted by atomic mass is 32.1. The Morgan fingerprint density at radius 2 is 1.72 bits per heavy atom. The molecule has 0 radical (unpaired) electrons. The van der Waals surface area contributed by atoms with E-state index < -0.39 is 6.04 Å². The van der Waals surface area contributed by atoms with Crippen molar-refractivity contribution in [2.75, 3.05) is 11.9 Å².